The van der Waals surface area contributed by atoms with Gasteiger partial charge in [-0.3, -0.25) is 4.79 Å². The van der Waals surface area contributed by atoms with Gasteiger partial charge in [0.2, 0.25) is 5.91 Å². The van der Waals surface area contributed by atoms with E-state index in [0.29, 0.717) is 25.4 Å². The average Bonchev–Trinajstić information content (AvgIpc) is 3.30. The summed E-state index contributed by atoms with van der Waals surface area (Å²) in [6, 6.07) is 11.8. The van der Waals surface area contributed by atoms with Crippen LogP contribution in [0.4, 0.5) is 0 Å². The summed E-state index contributed by atoms with van der Waals surface area (Å²) in [6.07, 6.45) is 0.458. The fourth-order valence-electron chi connectivity index (χ4n) is 2.97. The Labute approximate surface area is 143 Å². The third-order valence-electron chi connectivity index (χ3n) is 4.25. The number of rotatable bonds is 3. The van der Waals surface area contributed by atoms with Crippen LogP contribution in [-0.2, 0) is 16.2 Å². The van der Waals surface area contributed by atoms with E-state index in [0.717, 1.165) is 16.3 Å². The normalized spacial score (nSPS) is 22.3. The number of likely N-dealkylation sites (tertiary alicyclic amines) is 1. The van der Waals surface area contributed by atoms with Crippen LogP contribution in [0, 0.1) is 5.92 Å². The van der Waals surface area contributed by atoms with Gasteiger partial charge in [0, 0.05) is 29.0 Å². The van der Waals surface area contributed by atoms with Gasteiger partial charge in [-0.15, -0.1) is 11.3 Å². The number of carbonyl (C=O) groups is 1. The average molecular weight is 339 g/mol. The molecule has 2 aliphatic rings. The molecule has 1 amide bonds. The molecule has 1 saturated heterocycles. The van der Waals surface area contributed by atoms with Crippen molar-refractivity contribution in [2.75, 3.05) is 6.54 Å². The fourth-order valence-corrected chi connectivity index (χ4v) is 3.69. The van der Waals surface area contributed by atoms with Gasteiger partial charge in [0.1, 0.15) is 5.84 Å². The Morgan fingerprint density at radius 1 is 1.33 bits per heavy atom. The Morgan fingerprint density at radius 3 is 3.00 bits per heavy atom. The molecule has 4 rings (SSSR count). The van der Waals surface area contributed by atoms with E-state index in [1.54, 1.807) is 11.3 Å². The third-order valence-corrected chi connectivity index (χ3v) is 5.11. The van der Waals surface area contributed by atoms with Crippen LogP contribution in [0.1, 0.15) is 11.3 Å². The van der Waals surface area contributed by atoms with Crippen molar-refractivity contribution in [1.29, 1.82) is 0 Å². The Bertz CT molecular complexity index is 905. The maximum Gasteiger partial charge on any atom is 0.255 e. The number of aliphatic imine (C=N–C) groups is 1. The number of nitrogens with one attached hydrogen (secondary N) is 1. The molecule has 0 bridgehead atoms. The van der Waals surface area contributed by atoms with Gasteiger partial charge in [0.25, 0.3) is 5.88 Å². The molecule has 24 heavy (non-hydrogen) atoms. The van der Waals surface area contributed by atoms with E-state index >= 15 is 0 Å². The number of carbonyl (C=O) groups excluding carboxylic acids is 1. The minimum atomic E-state index is 0.0342. The first kappa shape index (κ1) is 15.0. The van der Waals surface area contributed by atoms with Gasteiger partial charge >= 0.3 is 0 Å². The standard InChI is InChI=1S/C18H17N3O2S/c1-12-5-2-3-7-15(12)18-19-17(20-23-18)13-9-16(22)21(10-13)11-14-6-4-8-24-14/h2-8,13H,1,9-11H2,(H,19,20)/t13-/m0/s1. The zero-order valence-electron chi connectivity index (χ0n) is 13.1. The molecule has 2 aliphatic heterocycles. The van der Waals surface area contributed by atoms with Crippen LogP contribution in [-0.4, -0.2) is 23.2 Å². The molecular formula is C18H17N3O2S. The first-order chi connectivity index (χ1) is 11.7. The van der Waals surface area contributed by atoms with Crippen LogP contribution in [0.25, 0.3) is 12.5 Å². The van der Waals surface area contributed by atoms with E-state index in [4.69, 9.17) is 4.84 Å². The zero-order chi connectivity index (χ0) is 16.5. The number of nitrogens with zero attached hydrogens (tertiary/aromatic N) is 2. The van der Waals surface area contributed by atoms with Crippen LogP contribution in [0.15, 0.2) is 46.8 Å². The second-order valence-corrected chi connectivity index (χ2v) is 6.95. The third kappa shape index (κ3) is 2.80. The van der Waals surface area contributed by atoms with E-state index in [1.165, 1.54) is 4.88 Å². The van der Waals surface area contributed by atoms with Crippen molar-refractivity contribution in [2.24, 2.45) is 10.9 Å². The highest BCUT2D eigenvalue weighted by atomic mass is 32.1. The van der Waals surface area contributed by atoms with Crippen LogP contribution >= 0.6 is 11.3 Å². The second kappa shape index (κ2) is 6.13. The number of benzene rings is 1. The fraction of sp³-hybridized carbons (Fsp3) is 0.222. The lowest BCUT2D eigenvalue weighted by Crippen LogP contribution is -2.29. The van der Waals surface area contributed by atoms with Gasteiger partial charge in [-0.05, 0) is 22.7 Å². The van der Waals surface area contributed by atoms with E-state index in [-0.39, 0.29) is 11.8 Å². The Morgan fingerprint density at radius 2 is 2.21 bits per heavy atom. The van der Waals surface area contributed by atoms with E-state index in [1.807, 2.05) is 40.6 Å². The number of thiophene rings is 1. The molecule has 1 N–H and O–H groups in total. The lowest BCUT2D eigenvalue weighted by molar-refractivity contribution is -0.128. The summed E-state index contributed by atoms with van der Waals surface area (Å²) in [6.45, 7) is 5.32. The topological polar surface area (TPSA) is 53.9 Å². The molecular weight excluding hydrogens is 322 g/mol. The number of hydroxylamine groups is 1. The first-order valence-electron chi connectivity index (χ1n) is 7.80. The number of hydrogen-bond donors (Lipinski definition) is 1. The number of amidine groups is 1. The number of amides is 1. The van der Waals surface area contributed by atoms with Crippen molar-refractivity contribution in [2.45, 2.75) is 13.0 Å². The molecule has 0 unspecified atom stereocenters. The van der Waals surface area contributed by atoms with Crippen LogP contribution in [0.5, 0.6) is 0 Å². The first-order valence-corrected chi connectivity index (χ1v) is 8.68. The molecule has 0 saturated carbocycles. The van der Waals surface area contributed by atoms with E-state index in [9.17, 15) is 4.79 Å². The molecule has 3 heterocycles. The highest BCUT2D eigenvalue weighted by Gasteiger charge is 2.35. The lowest BCUT2D eigenvalue weighted by Gasteiger charge is -2.15. The predicted octanol–water partition coefficient (Wildman–Crippen LogP) is 1.21. The molecule has 122 valence electrons. The van der Waals surface area contributed by atoms with Gasteiger partial charge in [-0.2, -0.15) is 4.99 Å². The summed E-state index contributed by atoms with van der Waals surface area (Å²) in [4.78, 5) is 25.4. The summed E-state index contributed by atoms with van der Waals surface area (Å²) in [5, 5.41) is 3.75. The Kier molecular flexibility index (Phi) is 3.82. The minimum absolute atomic E-state index is 0.0342. The zero-order valence-corrected chi connectivity index (χ0v) is 13.9. The van der Waals surface area contributed by atoms with Gasteiger partial charge in [0.15, 0.2) is 0 Å². The van der Waals surface area contributed by atoms with Crippen molar-refractivity contribution >= 4 is 35.5 Å². The molecule has 1 aromatic heterocycles. The summed E-state index contributed by atoms with van der Waals surface area (Å²) >= 11 is 1.67. The van der Waals surface area contributed by atoms with Gasteiger partial charge in [-0.1, -0.05) is 30.8 Å². The lowest BCUT2D eigenvalue weighted by atomic mass is 10.1. The Balaban J connectivity index is 1.54. The quantitative estimate of drug-likeness (QED) is 0.914. The molecule has 2 aromatic rings. The SMILES string of the molecule is C=c1ccccc1=C1N=C([C@H]2CC(=O)N(Cc3cccs3)C2)NO1. The molecule has 0 radical (unpaired) electrons. The van der Waals surface area contributed by atoms with E-state index in [2.05, 4.69) is 23.1 Å². The maximum absolute atomic E-state index is 12.3. The van der Waals surface area contributed by atoms with Crippen molar-refractivity contribution < 1.29 is 9.63 Å². The maximum atomic E-state index is 12.3. The van der Waals surface area contributed by atoms with Gasteiger partial charge in [0.05, 0.1) is 6.54 Å². The molecule has 6 heteroatoms. The number of hydrogen-bond acceptors (Lipinski definition) is 5. The second-order valence-electron chi connectivity index (χ2n) is 5.92. The summed E-state index contributed by atoms with van der Waals surface area (Å²) in [5.41, 5.74) is 2.88. The monoisotopic (exact) mass is 339 g/mol. The highest BCUT2D eigenvalue weighted by Crippen LogP contribution is 2.24. The van der Waals surface area contributed by atoms with Crippen LogP contribution in [0.2, 0.25) is 0 Å². The van der Waals surface area contributed by atoms with Crippen molar-refractivity contribution in [1.82, 2.24) is 10.4 Å². The van der Waals surface area contributed by atoms with Crippen molar-refractivity contribution in [3.63, 3.8) is 0 Å². The predicted molar refractivity (Wildman–Crippen MR) is 94.1 cm³/mol. The Hall–Kier alpha value is -2.60. The van der Waals surface area contributed by atoms with Crippen LogP contribution in [0.3, 0.4) is 0 Å². The van der Waals surface area contributed by atoms with Gasteiger partial charge in [-0.25, -0.2) is 5.48 Å². The molecule has 5 nitrogen and oxygen atoms in total. The molecule has 0 aliphatic carbocycles. The van der Waals surface area contributed by atoms with E-state index < -0.39 is 0 Å². The molecule has 1 aromatic carbocycles. The summed E-state index contributed by atoms with van der Waals surface area (Å²) in [7, 11) is 0. The van der Waals surface area contributed by atoms with Crippen molar-refractivity contribution in [3.8, 4) is 0 Å². The minimum Gasteiger partial charge on any atom is -0.360 e. The summed E-state index contributed by atoms with van der Waals surface area (Å²) in [5.74, 6) is 1.42. The van der Waals surface area contributed by atoms with Crippen molar-refractivity contribution in [3.05, 3.63) is 57.1 Å². The van der Waals surface area contributed by atoms with Crippen LogP contribution < -0.4 is 15.9 Å². The van der Waals surface area contributed by atoms with Gasteiger partial charge < -0.3 is 9.74 Å². The molecule has 0 spiro atoms. The largest absolute Gasteiger partial charge is 0.360 e. The molecule has 1 atom stereocenters. The molecule has 1 fully saturated rings. The smallest absolute Gasteiger partial charge is 0.255 e. The summed E-state index contributed by atoms with van der Waals surface area (Å²) < 4.78 is 0. The highest BCUT2D eigenvalue weighted by molar-refractivity contribution is 7.09.